The van der Waals surface area contributed by atoms with Gasteiger partial charge < -0.3 is 16.0 Å². The van der Waals surface area contributed by atoms with Crippen LogP contribution in [0.3, 0.4) is 0 Å². The predicted molar refractivity (Wildman–Crippen MR) is 94.9 cm³/mol. The molecule has 0 aromatic heterocycles. The van der Waals surface area contributed by atoms with Crippen LogP contribution in [0.1, 0.15) is 24.3 Å². The van der Waals surface area contributed by atoms with E-state index in [1.165, 1.54) is 0 Å². The molecule has 2 aromatic rings. The Kier molecular flexibility index (Phi) is 4.91. The number of benzene rings is 2. The third-order valence-electron chi connectivity index (χ3n) is 4.25. The van der Waals surface area contributed by atoms with Gasteiger partial charge in [0.2, 0.25) is 11.8 Å². The molecule has 2 amide bonds. The number of carbonyl (C=O) groups excluding carboxylic acids is 2. The first-order chi connectivity index (χ1) is 11.7. The van der Waals surface area contributed by atoms with Crippen LogP contribution in [0.4, 0.5) is 11.4 Å². The molecule has 2 aromatic carbocycles. The Morgan fingerprint density at radius 3 is 2.62 bits per heavy atom. The number of carbonyl (C=O) groups is 2. The molecule has 1 aliphatic heterocycles. The van der Waals surface area contributed by atoms with Crippen LogP contribution < -0.4 is 16.0 Å². The largest absolute Gasteiger partial charge is 0.329 e. The molecule has 3 N–H and O–H groups in total. The summed E-state index contributed by atoms with van der Waals surface area (Å²) in [6.07, 6.45) is 1.46. The average molecular weight is 323 g/mol. The van der Waals surface area contributed by atoms with Crippen LogP contribution in [-0.4, -0.2) is 24.9 Å². The lowest BCUT2D eigenvalue weighted by Crippen LogP contribution is -2.27. The van der Waals surface area contributed by atoms with Crippen molar-refractivity contribution in [2.75, 3.05) is 23.3 Å². The van der Waals surface area contributed by atoms with Gasteiger partial charge in [0.05, 0.1) is 5.92 Å². The monoisotopic (exact) mass is 323 g/mol. The molecule has 0 spiro atoms. The predicted octanol–water partition coefficient (Wildman–Crippen LogP) is 2.49. The van der Waals surface area contributed by atoms with Gasteiger partial charge in [0.15, 0.2) is 0 Å². The summed E-state index contributed by atoms with van der Waals surface area (Å²) < 4.78 is 0. The molecule has 5 nitrogen and oxygen atoms in total. The summed E-state index contributed by atoms with van der Waals surface area (Å²) in [7, 11) is 0. The SMILES string of the molecule is NCC(C(=O)Nc1cccc(N2CCCC2=O)c1)c1ccccc1. The van der Waals surface area contributed by atoms with E-state index in [2.05, 4.69) is 5.32 Å². The minimum Gasteiger partial charge on any atom is -0.329 e. The number of nitrogens with zero attached hydrogens (tertiary/aromatic N) is 1. The summed E-state index contributed by atoms with van der Waals surface area (Å²) >= 11 is 0. The molecule has 1 heterocycles. The molecule has 1 saturated heterocycles. The van der Waals surface area contributed by atoms with Gasteiger partial charge in [-0.25, -0.2) is 0 Å². The van der Waals surface area contributed by atoms with Crippen LogP contribution in [-0.2, 0) is 9.59 Å². The van der Waals surface area contributed by atoms with E-state index in [1.54, 1.807) is 4.90 Å². The molecule has 24 heavy (non-hydrogen) atoms. The molecular formula is C19H21N3O2. The van der Waals surface area contributed by atoms with Gasteiger partial charge in [0.1, 0.15) is 0 Å². The molecule has 1 atom stereocenters. The summed E-state index contributed by atoms with van der Waals surface area (Å²) in [6.45, 7) is 0.964. The van der Waals surface area contributed by atoms with Crippen molar-refractivity contribution >= 4 is 23.2 Å². The Bertz CT molecular complexity index is 730. The zero-order valence-electron chi connectivity index (χ0n) is 13.4. The van der Waals surface area contributed by atoms with Crippen LogP contribution in [0.25, 0.3) is 0 Å². The van der Waals surface area contributed by atoms with Crippen LogP contribution in [0.2, 0.25) is 0 Å². The van der Waals surface area contributed by atoms with Crippen LogP contribution >= 0.6 is 0 Å². The maximum atomic E-state index is 12.6. The molecule has 1 fully saturated rings. The zero-order chi connectivity index (χ0) is 16.9. The molecule has 1 aliphatic rings. The van der Waals surface area contributed by atoms with Crippen molar-refractivity contribution in [3.8, 4) is 0 Å². The summed E-state index contributed by atoms with van der Waals surface area (Å²) in [4.78, 5) is 26.2. The standard InChI is InChI=1S/C19H21N3O2/c20-13-17(14-6-2-1-3-7-14)19(24)21-15-8-4-9-16(12-15)22-11-5-10-18(22)23/h1-4,6-9,12,17H,5,10-11,13,20H2,(H,21,24). The smallest absolute Gasteiger partial charge is 0.233 e. The molecule has 3 rings (SSSR count). The lowest BCUT2D eigenvalue weighted by molar-refractivity contribution is -0.118. The van der Waals surface area contributed by atoms with Gasteiger partial charge in [-0.15, -0.1) is 0 Å². The van der Waals surface area contributed by atoms with Crippen molar-refractivity contribution in [1.29, 1.82) is 0 Å². The number of hydrogen-bond acceptors (Lipinski definition) is 3. The quantitative estimate of drug-likeness (QED) is 0.887. The van der Waals surface area contributed by atoms with Crippen LogP contribution in [0.15, 0.2) is 54.6 Å². The Morgan fingerprint density at radius 1 is 1.17 bits per heavy atom. The fourth-order valence-corrected chi connectivity index (χ4v) is 2.98. The third-order valence-corrected chi connectivity index (χ3v) is 4.25. The summed E-state index contributed by atoms with van der Waals surface area (Å²) in [6, 6.07) is 16.9. The van der Waals surface area contributed by atoms with Gasteiger partial charge in [-0.1, -0.05) is 36.4 Å². The molecule has 124 valence electrons. The number of amides is 2. The van der Waals surface area contributed by atoms with E-state index in [9.17, 15) is 9.59 Å². The topological polar surface area (TPSA) is 75.4 Å². The Labute approximate surface area is 141 Å². The third kappa shape index (κ3) is 3.46. The van der Waals surface area contributed by atoms with Gasteiger partial charge in [-0.3, -0.25) is 9.59 Å². The highest BCUT2D eigenvalue weighted by molar-refractivity contribution is 5.98. The van der Waals surface area contributed by atoms with Gasteiger partial charge in [-0.05, 0) is 30.2 Å². The van der Waals surface area contributed by atoms with E-state index in [1.807, 2.05) is 54.6 Å². The maximum absolute atomic E-state index is 12.6. The maximum Gasteiger partial charge on any atom is 0.233 e. The van der Waals surface area contributed by atoms with E-state index in [0.29, 0.717) is 12.1 Å². The van der Waals surface area contributed by atoms with Gasteiger partial charge in [-0.2, -0.15) is 0 Å². The van der Waals surface area contributed by atoms with Crippen LogP contribution in [0, 0.1) is 0 Å². The number of hydrogen-bond donors (Lipinski definition) is 2. The average Bonchev–Trinajstić information content (AvgIpc) is 3.03. The number of anilines is 2. The van der Waals surface area contributed by atoms with Crippen LogP contribution in [0.5, 0.6) is 0 Å². The summed E-state index contributed by atoms with van der Waals surface area (Å²) in [5, 5.41) is 2.91. The normalized spacial score (nSPS) is 15.4. The Hall–Kier alpha value is -2.66. The highest BCUT2D eigenvalue weighted by Gasteiger charge is 2.23. The molecule has 0 radical (unpaired) electrons. The minimum atomic E-state index is -0.400. The van der Waals surface area contributed by atoms with Crippen molar-refractivity contribution in [1.82, 2.24) is 0 Å². The first-order valence-corrected chi connectivity index (χ1v) is 8.15. The fraction of sp³-hybridized carbons (Fsp3) is 0.263. The van der Waals surface area contributed by atoms with E-state index >= 15 is 0 Å². The number of nitrogens with two attached hydrogens (primary N) is 1. The van der Waals surface area contributed by atoms with Crippen molar-refractivity contribution in [3.05, 3.63) is 60.2 Å². The van der Waals surface area contributed by atoms with Gasteiger partial charge in [0, 0.05) is 30.9 Å². The molecule has 0 bridgehead atoms. The second kappa shape index (κ2) is 7.27. The minimum absolute atomic E-state index is 0.127. The van der Waals surface area contributed by atoms with E-state index in [4.69, 9.17) is 5.73 Å². The van der Waals surface area contributed by atoms with Crippen molar-refractivity contribution in [2.45, 2.75) is 18.8 Å². The molecular weight excluding hydrogens is 302 g/mol. The zero-order valence-corrected chi connectivity index (χ0v) is 13.4. The first kappa shape index (κ1) is 16.2. The fourth-order valence-electron chi connectivity index (χ4n) is 2.98. The van der Waals surface area contributed by atoms with Crippen molar-refractivity contribution < 1.29 is 9.59 Å². The van der Waals surface area contributed by atoms with Crippen molar-refractivity contribution in [3.63, 3.8) is 0 Å². The highest BCUT2D eigenvalue weighted by Crippen LogP contribution is 2.25. The first-order valence-electron chi connectivity index (χ1n) is 8.15. The lowest BCUT2D eigenvalue weighted by Gasteiger charge is -2.18. The van der Waals surface area contributed by atoms with E-state index in [-0.39, 0.29) is 18.4 Å². The van der Waals surface area contributed by atoms with Crippen molar-refractivity contribution in [2.24, 2.45) is 5.73 Å². The molecule has 1 unspecified atom stereocenters. The molecule has 5 heteroatoms. The second-order valence-electron chi connectivity index (χ2n) is 5.89. The Morgan fingerprint density at radius 2 is 1.96 bits per heavy atom. The summed E-state index contributed by atoms with van der Waals surface area (Å²) in [5.41, 5.74) is 8.18. The summed E-state index contributed by atoms with van der Waals surface area (Å²) in [5.74, 6) is -0.417. The van der Waals surface area contributed by atoms with Gasteiger partial charge >= 0.3 is 0 Å². The second-order valence-corrected chi connectivity index (χ2v) is 5.89. The van der Waals surface area contributed by atoms with E-state index < -0.39 is 5.92 Å². The number of rotatable bonds is 5. The molecule has 0 saturated carbocycles. The number of nitrogens with one attached hydrogen (secondary N) is 1. The van der Waals surface area contributed by atoms with E-state index in [0.717, 1.165) is 24.2 Å². The lowest BCUT2D eigenvalue weighted by atomic mass is 9.98. The van der Waals surface area contributed by atoms with Gasteiger partial charge in [0.25, 0.3) is 0 Å². The Balaban J connectivity index is 1.75. The highest BCUT2D eigenvalue weighted by atomic mass is 16.2. The molecule has 0 aliphatic carbocycles.